The Bertz CT molecular complexity index is 1210. The summed E-state index contributed by atoms with van der Waals surface area (Å²) >= 11 is 0. The Morgan fingerprint density at radius 2 is 1.94 bits per heavy atom. The third-order valence-electron chi connectivity index (χ3n) is 5.15. The van der Waals surface area contributed by atoms with Crippen LogP contribution in [0.1, 0.15) is 16.7 Å². The lowest BCUT2D eigenvalue weighted by Crippen LogP contribution is -2.25. The molecular weight excluding hydrogens is 393 g/mol. The van der Waals surface area contributed by atoms with E-state index in [0.717, 1.165) is 22.3 Å². The number of halogens is 1. The molecule has 3 rings (SSSR count). The van der Waals surface area contributed by atoms with Crippen LogP contribution in [0.3, 0.4) is 0 Å². The number of amides is 1. The summed E-state index contributed by atoms with van der Waals surface area (Å²) in [6.07, 6.45) is 3.48. The highest BCUT2D eigenvalue weighted by atomic mass is 19.1. The van der Waals surface area contributed by atoms with Crippen molar-refractivity contribution in [3.8, 4) is 11.1 Å². The molecule has 0 radical (unpaired) electrons. The van der Waals surface area contributed by atoms with Crippen LogP contribution >= 0.6 is 0 Å². The van der Waals surface area contributed by atoms with Gasteiger partial charge in [0.05, 0.1) is 0 Å². The molecular formula is C25H26FN3O2. The summed E-state index contributed by atoms with van der Waals surface area (Å²) in [6, 6.07) is 12.6. The Morgan fingerprint density at radius 3 is 2.58 bits per heavy atom. The summed E-state index contributed by atoms with van der Waals surface area (Å²) in [4.78, 5) is 26.1. The number of hydrogen-bond donors (Lipinski definition) is 1. The smallest absolute Gasteiger partial charge is 0.273 e. The Hall–Kier alpha value is -3.67. The molecule has 2 aromatic carbocycles. The number of nitrogens with one attached hydrogen (secondary N) is 1. The van der Waals surface area contributed by atoms with Gasteiger partial charge in [-0.05, 0) is 65.9 Å². The second kappa shape index (κ2) is 9.00. The van der Waals surface area contributed by atoms with Crippen molar-refractivity contribution >= 4 is 17.3 Å². The number of nitrogens with zero attached hydrogens (tertiary/aromatic N) is 2. The number of aryl methyl sites for hydroxylation is 2. The first-order valence-electron chi connectivity index (χ1n) is 9.89. The van der Waals surface area contributed by atoms with Gasteiger partial charge in [-0.1, -0.05) is 24.8 Å². The van der Waals surface area contributed by atoms with Crippen molar-refractivity contribution < 1.29 is 9.18 Å². The molecule has 0 aliphatic rings. The average molecular weight is 420 g/mol. The molecule has 6 heteroatoms. The zero-order valence-corrected chi connectivity index (χ0v) is 18.2. The van der Waals surface area contributed by atoms with Gasteiger partial charge < -0.3 is 14.8 Å². The van der Waals surface area contributed by atoms with E-state index in [2.05, 4.69) is 11.9 Å². The van der Waals surface area contributed by atoms with Gasteiger partial charge in [-0.25, -0.2) is 4.39 Å². The summed E-state index contributed by atoms with van der Waals surface area (Å²) in [5.74, 6) is -0.556. The van der Waals surface area contributed by atoms with Crippen molar-refractivity contribution in [2.24, 2.45) is 7.05 Å². The van der Waals surface area contributed by atoms with Gasteiger partial charge in [0.15, 0.2) is 0 Å². The lowest BCUT2D eigenvalue weighted by Gasteiger charge is -2.18. The summed E-state index contributed by atoms with van der Waals surface area (Å²) < 4.78 is 15.6. The van der Waals surface area contributed by atoms with Crippen LogP contribution in [0.5, 0.6) is 0 Å². The lowest BCUT2D eigenvalue weighted by molar-refractivity contribution is -0.111. The zero-order valence-electron chi connectivity index (χ0n) is 18.2. The maximum atomic E-state index is 14.1. The number of aromatic nitrogens is 1. The van der Waals surface area contributed by atoms with Gasteiger partial charge in [0.1, 0.15) is 11.5 Å². The summed E-state index contributed by atoms with van der Waals surface area (Å²) in [6.45, 7) is 5.22. The van der Waals surface area contributed by atoms with Gasteiger partial charge in [-0.15, -0.1) is 0 Å². The Labute approximate surface area is 181 Å². The van der Waals surface area contributed by atoms with Crippen LogP contribution in [0.2, 0.25) is 0 Å². The summed E-state index contributed by atoms with van der Waals surface area (Å²) in [7, 11) is 5.34. The number of carbonyl (C=O) groups is 1. The Kier molecular flexibility index (Phi) is 6.39. The fraction of sp³-hybridized carbons (Fsp3) is 0.200. The van der Waals surface area contributed by atoms with Crippen molar-refractivity contribution in [3.63, 3.8) is 0 Å². The molecule has 0 bridgehead atoms. The van der Waals surface area contributed by atoms with Crippen LogP contribution in [0.15, 0.2) is 66.1 Å². The number of pyridine rings is 1. The molecule has 1 heterocycles. The molecule has 0 atom stereocenters. The van der Waals surface area contributed by atoms with Gasteiger partial charge in [0.25, 0.3) is 5.56 Å². The molecule has 3 aromatic rings. The second-order valence-corrected chi connectivity index (χ2v) is 7.75. The van der Waals surface area contributed by atoms with Crippen molar-refractivity contribution in [2.45, 2.75) is 13.3 Å². The molecule has 0 saturated heterocycles. The van der Waals surface area contributed by atoms with E-state index in [4.69, 9.17) is 0 Å². The topological polar surface area (TPSA) is 54.3 Å². The molecule has 0 aliphatic carbocycles. The molecule has 0 spiro atoms. The van der Waals surface area contributed by atoms with Crippen molar-refractivity contribution in [2.75, 3.05) is 24.3 Å². The molecule has 1 amide bonds. The molecule has 0 fully saturated rings. The van der Waals surface area contributed by atoms with Crippen molar-refractivity contribution in [1.29, 1.82) is 0 Å². The van der Waals surface area contributed by atoms with Gasteiger partial charge in [0.2, 0.25) is 5.91 Å². The SMILES string of the molecule is C=CC(=O)Nc1ccc(Cc2ccc(C)c(F)c2)c(-c2cc(N(C)C)c(=O)n(C)c2)c1. The molecule has 1 aromatic heterocycles. The summed E-state index contributed by atoms with van der Waals surface area (Å²) in [5.41, 5.74) is 5.11. The minimum absolute atomic E-state index is 0.105. The Balaban J connectivity index is 2.16. The number of benzene rings is 2. The standard InChI is InChI=1S/C25H26FN3O2/c1-6-24(30)27-20-10-9-18(11-17-8-7-16(2)22(26)12-17)21(14-20)19-13-23(28(3)4)25(31)29(5)15-19/h6-10,12-15H,1,11H2,2-5H3,(H,27,30). The molecule has 5 nitrogen and oxygen atoms in total. The largest absolute Gasteiger partial charge is 0.373 e. The first-order chi connectivity index (χ1) is 14.7. The van der Waals surface area contributed by atoms with Crippen LogP contribution in [0.25, 0.3) is 11.1 Å². The monoisotopic (exact) mass is 419 g/mol. The minimum atomic E-state index is -0.311. The molecule has 0 aliphatic heterocycles. The number of carbonyl (C=O) groups excluding carboxylic acids is 1. The predicted octanol–water partition coefficient (Wildman–Crippen LogP) is 4.28. The minimum Gasteiger partial charge on any atom is -0.373 e. The average Bonchev–Trinajstić information content (AvgIpc) is 2.73. The van der Waals surface area contributed by atoms with Crippen LogP contribution < -0.4 is 15.8 Å². The van der Waals surface area contributed by atoms with Crippen LogP contribution in [0.4, 0.5) is 15.8 Å². The molecule has 1 N–H and O–H groups in total. The Morgan fingerprint density at radius 1 is 1.19 bits per heavy atom. The van der Waals surface area contributed by atoms with Crippen molar-refractivity contribution in [3.05, 3.63) is 94.2 Å². The first-order valence-corrected chi connectivity index (χ1v) is 9.89. The maximum Gasteiger partial charge on any atom is 0.273 e. The van der Waals surface area contributed by atoms with Gasteiger partial charge in [-0.2, -0.15) is 0 Å². The molecule has 0 saturated carbocycles. The number of anilines is 2. The second-order valence-electron chi connectivity index (χ2n) is 7.75. The normalized spacial score (nSPS) is 10.6. The van der Waals surface area contributed by atoms with Crippen molar-refractivity contribution in [1.82, 2.24) is 4.57 Å². The fourth-order valence-electron chi connectivity index (χ4n) is 3.40. The van der Waals surface area contributed by atoms with Gasteiger partial charge >= 0.3 is 0 Å². The zero-order chi connectivity index (χ0) is 22.7. The summed E-state index contributed by atoms with van der Waals surface area (Å²) in [5, 5.41) is 2.78. The van der Waals surface area contributed by atoms with E-state index >= 15 is 0 Å². The quantitative estimate of drug-likeness (QED) is 0.607. The van der Waals surface area contributed by atoms with Gasteiger partial charge in [0, 0.05) is 38.6 Å². The number of rotatable bonds is 6. The van der Waals surface area contributed by atoms with E-state index in [1.54, 1.807) is 43.3 Å². The molecule has 160 valence electrons. The first kappa shape index (κ1) is 22.0. The maximum absolute atomic E-state index is 14.1. The van der Waals surface area contributed by atoms with E-state index in [9.17, 15) is 14.0 Å². The third kappa shape index (κ3) is 4.91. The highest BCUT2D eigenvalue weighted by molar-refractivity contribution is 5.99. The fourth-order valence-corrected chi connectivity index (χ4v) is 3.40. The molecule has 0 unspecified atom stereocenters. The highest BCUT2D eigenvalue weighted by Crippen LogP contribution is 2.30. The predicted molar refractivity (Wildman–Crippen MR) is 124 cm³/mol. The van der Waals surface area contributed by atoms with E-state index in [0.29, 0.717) is 23.4 Å². The van der Waals surface area contributed by atoms with E-state index in [1.165, 1.54) is 10.6 Å². The highest BCUT2D eigenvalue weighted by Gasteiger charge is 2.14. The number of hydrogen-bond acceptors (Lipinski definition) is 3. The van der Waals surface area contributed by atoms with E-state index in [1.807, 2.05) is 38.4 Å². The van der Waals surface area contributed by atoms with Crippen LogP contribution in [-0.2, 0) is 18.3 Å². The van der Waals surface area contributed by atoms with Crippen LogP contribution in [0, 0.1) is 12.7 Å². The third-order valence-corrected chi connectivity index (χ3v) is 5.15. The van der Waals surface area contributed by atoms with E-state index in [-0.39, 0.29) is 17.3 Å². The molecule has 31 heavy (non-hydrogen) atoms. The van der Waals surface area contributed by atoms with Crippen LogP contribution in [-0.4, -0.2) is 24.6 Å². The van der Waals surface area contributed by atoms with Gasteiger partial charge in [-0.3, -0.25) is 9.59 Å². The van der Waals surface area contributed by atoms with E-state index < -0.39 is 0 Å². The lowest BCUT2D eigenvalue weighted by atomic mass is 9.94.